The van der Waals surface area contributed by atoms with Crippen molar-refractivity contribution in [1.82, 2.24) is 0 Å². The lowest BCUT2D eigenvalue weighted by molar-refractivity contribution is 0.334. The molecule has 1 unspecified atom stereocenters. The average molecular weight is 275 g/mol. The summed E-state index contributed by atoms with van der Waals surface area (Å²) in [5, 5.41) is 0. The molecule has 0 radical (unpaired) electrons. The molecule has 102 valence electrons. The smallest absolute Gasteiger partial charge is 0.153 e. The lowest BCUT2D eigenvalue weighted by Crippen LogP contribution is -2.17. The maximum Gasteiger partial charge on any atom is 0.153 e. The van der Waals surface area contributed by atoms with Crippen molar-refractivity contribution in [3.63, 3.8) is 0 Å². The van der Waals surface area contributed by atoms with Crippen LogP contribution in [0.15, 0.2) is 18.2 Å². The monoisotopic (exact) mass is 275 g/mol. The summed E-state index contributed by atoms with van der Waals surface area (Å²) in [4.78, 5) is 0. The molecule has 0 aliphatic carbocycles. The van der Waals surface area contributed by atoms with Crippen LogP contribution in [-0.2, 0) is 9.84 Å². The van der Waals surface area contributed by atoms with Crippen LogP contribution in [0.5, 0.6) is 5.75 Å². The zero-order chi connectivity index (χ0) is 13.8. The van der Waals surface area contributed by atoms with Gasteiger partial charge >= 0.3 is 0 Å². The summed E-state index contributed by atoms with van der Waals surface area (Å²) >= 11 is 0. The van der Waals surface area contributed by atoms with Gasteiger partial charge in [-0.2, -0.15) is 0 Å². The molecule has 1 aromatic carbocycles. The van der Waals surface area contributed by atoms with Crippen molar-refractivity contribution in [3.8, 4) is 5.75 Å². The van der Waals surface area contributed by atoms with Gasteiger partial charge in [0.05, 0.1) is 5.75 Å². The number of benzene rings is 1. The van der Waals surface area contributed by atoms with E-state index < -0.39 is 15.7 Å². The van der Waals surface area contributed by atoms with Crippen LogP contribution >= 0.6 is 0 Å². The summed E-state index contributed by atoms with van der Waals surface area (Å²) in [7, 11) is -3.06. The van der Waals surface area contributed by atoms with Crippen LogP contribution in [0.25, 0.3) is 0 Å². The van der Waals surface area contributed by atoms with Crippen LogP contribution in [0.3, 0.4) is 0 Å². The van der Waals surface area contributed by atoms with Crippen molar-refractivity contribution in [2.45, 2.75) is 19.9 Å². The molecule has 0 bridgehead atoms. The first-order chi connectivity index (χ1) is 8.35. The van der Waals surface area contributed by atoms with Crippen LogP contribution in [0.2, 0.25) is 0 Å². The quantitative estimate of drug-likeness (QED) is 0.857. The van der Waals surface area contributed by atoms with Crippen molar-refractivity contribution in [2.75, 3.05) is 18.1 Å². The lowest BCUT2D eigenvalue weighted by atomic mass is 10.1. The molecular formula is C12H18FNO3S. The number of ether oxygens (including phenoxy) is 1. The van der Waals surface area contributed by atoms with E-state index in [4.69, 9.17) is 10.5 Å². The number of halogens is 1. The second kappa shape index (κ2) is 6.15. The standard InChI is InChI=1S/C12H18FNO3S/c1-3-18(15,16)7-6-17-12-5-4-10(13)8-11(12)9(2)14/h4-5,8-9H,3,6-7,14H2,1-2H3. The molecule has 6 heteroatoms. The first-order valence-corrected chi connectivity index (χ1v) is 7.56. The summed E-state index contributed by atoms with van der Waals surface area (Å²) < 4.78 is 41.0. The molecule has 0 saturated carbocycles. The molecule has 1 aromatic rings. The number of nitrogens with two attached hydrogens (primary N) is 1. The second-order valence-corrected chi connectivity index (χ2v) is 6.53. The zero-order valence-corrected chi connectivity index (χ0v) is 11.3. The highest BCUT2D eigenvalue weighted by Crippen LogP contribution is 2.24. The SMILES string of the molecule is CCS(=O)(=O)CCOc1ccc(F)cc1C(C)N. The molecule has 0 aliphatic heterocycles. The van der Waals surface area contributed by atoms with Gasteiger partial charge < -0.3 is 10.5 Å². The zero-order valence-electron chi connectivity index (χ0n) is 10.5. The molecule has 0 aromatic heterocycles. The maximum absolute atomic E-state index is 13.1. The summed E-state index contributed by atoms with van der Waals surface area (Å²) in [6.07, 6.45) is 0. The fraction of sp³-hybridized carbons (Fsp3) is 0.500. The van der Waals surface area contributed by atoms with Gasteiger partial charge in [0.1, 0.15) is 18.2 Å². The first kappa shape index (κ1) is 14.9. The van der Waals surface area contributed by atoms with E-state index in [-0.39, 0.29) is 24.2 Å². The van der Waals surface area contributed by atoms with Crippen molar-refractivity contribution < 1.29 is 17.5 Å². The minimum Gasteiger partial charge on any atom is -0.492 e. The average Bonchev–Trinajstić information content (AvgIpc) is 2.30. The topological polar surface area (TPSA) is 69.4 Å². The van der Waals surface area contributed by atoms with Crippen molar-refractivity contribution in [3.05, 3.63) is 29.6 Å². The third-order valence-electron chi connectivity index (χ3n) is 2.55. The van der Waals surface area contributed by atoms with E-state index in [1.165, 1.54) is 18.2 Å². The van der Waals surface area contributed by atoms with Gasteiger partial charge in [-0.1, -0.05) is 6.92 Å². The molecule has 0 amide bonds. The third kappa shape index (κ3) is 4.27. The van der Waals surface area contributed by atoms with Gasteiger partial charge in [0.2, 0.25) is 0 Å². The van der Waals surface area contributed by atoms with Gasteiger partial charge in [-0.25, -0.2) is 12.8 Å². The molecule has 1 atom stereocenters. The van der Waals surface area contributed by atoms with E-state index in [1.54, 1.807) is 13.8 Å². The van der Waals surface area contributed by atoms with Gasteiger partial charge in [-0.15, -0.1) is 0 Å². The van der Waals surface area contributed by atoms with Crippen molar-refractivity contribution >= 4 is 9.84 Å². The predicted octanol–water partition coefficient (Wildman–Crippen LogP) is 1.66. The molecular weight excluding hydrogens is 257 g/mol. The van der Waals surface area contributed by atoms with Crippen LogP contribution in [-0.4, -0.2) is 26.5 Å². The molecule has 0 heterocycles. The second-order valence-electron chi connectivity index (χ2n) is 4.06. The Kier molecular flexibility index (Phi) is 5.10. The third-order valence-corrected chi connectivity index (χ3v) is 4.22. The van der Waals surface area contributed by atoms with E-state index in [9.17, 15) is 12.8 Å². The van der Waals surface area contributed by atoms with Crippen LogP contribution in [0.4, 0.5) is 4.39 Å². The van der Waals surface area contributed by atoms with Crippen molar-refractivity contribution in [2.24, 2.45) is 5.73 Å². The van der Waals surface area contributed by atoms with Crippen molar-refractivity contribution in [1.29, 1.82) is 0 Å². The Bertz CT molecular complexity index is 500. The largest absolute Gasteiger partial charge is 0.492 e. The summed E-state index contributed by atoms with van der Waals surface area (Å²) in [6.45, 7) is 3.34. The van der Waals surface area contributed by atoms with Crippen LogP contribution < -0.4 is 10.5 Å². The Labute approximate surface area is 107 Å². The lowest BCUT2D eigenvalue weighted by Gasteiger charge is -2.14. The summed E-state index contributed by atoms with van der Waals surface area (Å²) in [5.41, 5.74) is 6.23. The molecule has 4 nitrogen and oxygen atoms in total. The van der Waals surface area contributed by atoms with E-state index in [0.29, 0.717) is 11.3 Å². The Morgan fingerprint density at radius 3 is 2.67 bits per heavy atom. The minimum absolute atomic E-state index is 0.0432. The molecule has 1 rings (SSSR count). The molecule has 0 saturated heterocycles. The Hall–Kier alpha value is -1.14. The summed E-state index contributed by atoms with van der Waals surface area (Å²) in [6, 6.07) is 3.65. The highest BCUT2D eigenvalue weighted by molar-refractivity contribution is 7.91. The Morgan fingerprint density at radius 2 is 2.11 bits per heavy atom. The van der Waals surface area contributed by atoms with Crippen LogP contribution in [0, 0.1) is 5.82 Å². The first-order valence-electron chi connectivity index (χ1n) is 5.74. The number of hydrogen-bond acceptors (Lipinski definition) is 4. The number of sulfone groups is 1. The fourth-order valence-electron chi connectivity index (χ4n) is 1.43. The van der Waals surface area contributed by atoms with Gasteiger partial charge in [-0.05, 0) is 25.1 Å². The van der Waals surface area contributed by atoms with Crippen LogP contribution in [0.1, 0.15) is 25.5 Å². The highest BCUT2D eigenvalue weighted by atomic mass is 32.2. The van der Waals surface area contributed by atoms with Gasteiger partial charge in [0.15, 0.2) is 9.84 Å². The summed E-state index contributed by atoms with van der Waals surface area (Å²) in [5.74, 6) is 0.0627. The highest BCUT2D eigenvalue weighted by Gasteiger charge is 2.12. The Morgan fingerprint density at radius 1 is 1.44 bits per heavy atom. The number of hydrogen-bond donors (Lipinski definition) is 1. The Balaban J connectivity index is 2.73. The van der Waals surface area contributed by atoms with Gasteiger partial charge in [-0.3, -0.25) is 0 Å². The number of rotatable bonds is 6. The molecule has 2 N–H and O–H groups in total. The van der Waals surface area contributed by atoms with E-state index in [2.05, 4.69) is 0 Å². The van der Waals surface area contributed by atoms with Gasteiger partial charge in [0, 0.05) is 17.4 Å². The minimum atomic E-state index is -3.06. The van der Waals surface area contributed by atoms with Gasteiger partial charge in [0.25, 0.3) is 0 Å². The predicted molar refractivity (Wildman–Crippen MR) is 68.8 cm³/mol. The molecule has 0 fully saturated rings. The van der Waals surface area contributed by atoms with E-state index in [1.807, 2.05) is 0 Å². The normalized spacial score (nSPS) is 13.3. The fourth-order valence-corrected chi connectivity index (χ4v) is 2.06. The molecule has 18 heavy (non-hydrogen) atoms. The van der Waals surface area contributed by atoms with E-state index in [0.717, 1.165) is 0 Å². The maximum atomic E-state index is 13.1. The van der Waals surface area contributed by atoms with E-state index >= 15 is 0 Å². The molecule has 0 aliphatic rings. The molecule has 0 spiro atoms.